The summed E-state index contributed by atoms with van der Waals surface area (Å²) in [4.78, 5) is 31.0. The van der Waals surface area contributed by atoms with E-state index < -0.39 is 11.4 Å². The van der Waals surface area contributed by atoms with Gasteiger partial charge >= 0.3 is 5.97 Å². The third-order valence-electron chi connectivity index (χ3n) is 5.86. The van der Waals surface area contributed by atoms with Crippen molar-refractivity contribution in [1.29, 1.82) is 0 Å². The van der Waals surface area contributed by atoms with Gasteiger partial charge in [-0.05, 0) is 38.7 Å². The molecule has 6 nitrogen and oxygen atoms in total. The van der Waals surface area contributed by atoms with Crippen LogP contribution in [-0.2, 0) is 4.79 Å². The number of amides is 1. The van der Waals surface area contributed by atoms with Crippen LogP contribution in [0.2, 0.25) is 0 Å². The number of aryl methyl sites for hydroxylation is 1. The predicted molar refractivity (Wildman–Crippen MR) is 94.2 cm³/mol. The van der Waals surface area contributed by atoms with Crippen LogP contribution in [0.1, 0.15) is 41.0 Å². The molecular weight excluding hydrogens is 338 g/mol. The van der Waals surface area contributed by atoms with Crippen LogP contribution in [0.5, 0.6) is 0 Å². The van der Waals surface area contributed by atoms with Crippen LogP contribution < -0.4 is 0 Å². The SMILES string of the molecule is Cc1cc(C(=O)N2C[C@@H]3CCC[C@@]3(C(=O)O)C2)c(C)n1-c1nccs1. The number of hydrogen-bond donors (Lipinski definition) is 1. The molecule has 1 saturated carbocycles. The molecule has 0 spiro atoms. The minimum atomic E-state index is -0.751. The van der Waals surface area contributed by atoms with Gasteiger partial charge in [-0.15, -0.1) is 11.3 Å². The summed E-state index contributed by atoms with van der Waals surface area (Å²) < 4.78 is 1.99. The first kappa shape index (κ1) is 16.3. The van der Waals surface area contributed by atoms with E-state index in [2.05, 4.69) is 4.98 Å². The van der Waals surface area contributed by atoms with E-state index in [-0.39, 0.29) is 11.8 Å². The van der Waals surface area contributed by atoms with E-state index in [9.17, 15) is 14.7 Å². The minimum absolute atomic E-state index is 0.0640. The zero-order chi connectivity index (χ0) is 17.8. The Balaban J connectivity index is 1.65. The maximum absolute atomic E-state index is 13.1. The maximum atomic E-state index is 13.1. The molecule has 7 heteroatoms. The Kier molecular flexibility index (Phi) is 3.72. The highest BCUT2D eigenvalue weighted by Crippen LogP contribution is 2.49. The van der Waals surface area contributed by atoms with Crippen LogP contribution >= 0.6 is 11.3 Å². The molecule has 2 atom stereocenters. The molecule has 1 aliphatic carbocycles. The fourth-order valence-electron chi connectivity index (χ4n) is 4.56. The molecular formula is C18H21N3O3S. The molecule has 1 amide bonds. The Morgan fingerprint density at radius 1 is 1.40 bits per heavy atom. The number of likely N-dealkylation sites (tertiary alicyclic amines) is 1. The van der Waals surface area contributed by atoms with Crippen LogP contribution in [0, 0.1) is 25.2 Å². The van der Waals surface area contributed by atoms with Crippen molar-refractivity contribution in [1.82, 2.24) is 14.5 Å². The first-order chi connectivity index (χ1) is 11.9. The van der Waals surface area contributed by atoms with Gasteiger partial charge in [0.05, 0.1) is 11.0 Å². The van der Waals surface area contributed by atoms with Crippen molar-refractivity contribution in [3.05, 3.63) is 34.6 Å². The van der Waals surface area contributed by atoms with E-state index in [1.54, 1.807) is 11.1 Å². The normalized spacial score (nSPS) is 25.4. The summed E-state index contributed by atoms with van der Waals surface area (Å²) in [7, 11) is 0. The van der Waals surface area contributed by atoms with Gasteiger partial charge in [0.15, 0.2) is 5.13 Å². The second-order valence-electron chi connectivity index (χ2n) is 7.17. The van der Waals surface area contributed by atoms with Gasteiger partial charge < -0.3 is 10.0 Å². The van der Waals surface area contributed by atoms with Gasteiger partial charge in [-0.2, -0.15) is 0 Å². The van der Waals surface area contributed by atoms with E-state index in [0.29, 0.717) is 25.1 Å². The third-order valence-corrected chi connectivity index (χ3v) is 6.61. The Labute approximate surface area is 150 Å². The van der Waals surface area contributed by atoms with Gasteiger partial charge in [0.25, 0.3) is 5.91 Å². The molecule has 132 valence electrons. The molecule has 2 aliphatic rings. The van der Waals surface area contributed by atoms with Crippen LogP contribution in [0.4, 0.5) is 0 Å². The molecule has 0 unspecified atom stereocenters. The smallest absolute Gasteiger partial charge is 0.311 e. The zero-order valence-corrected chi connectivity index (χ0v) is 15.2. The summed E-state index contributed by atoms with van der Waals surface area (Å²) in [6.45, 7) is 4.76. The van der Waals surface area contributed by atoms with E-state index in [4.69, 9.17) is 0 Å². The number of carboxylic acid groups (broad SMARTS) is 1. The number of thiazole rings is 1. The lowest BCUT2D eigenvalue weighted by Gasteiger charge is -2.23. The molecule has 2 aromatic heterocycles. The van der Waals surface area contributed by atoms with Gasteiger partial charge in [0, 0.05) is 36.1 Å². The quantitative estimate of drug-likeness (QED) is 0.914. The molecule has 0 radical (unpaired) electrons. The van der Waals surface area contributed by atoms with Crippen molar-refractivity contribution in [3.63, 3.8) is 0 Å². The first-order valence-corrected chi connectivity index (χ1v) is 9.43. The van der Waals surface area contributed by atoms with Crippen LogP contribution in [-0.4, -0.2) is 44.5 Å². The van der Waals surface area contributed by atoms with Crippen molar-refractivity contribution in [3.8, 4) is 5.13 Å². The molecule has 0 aromatic carbocycles. The number of rotatable bonds is 3. The fraction of sp³-hybridized carbons (Fsp3) is 0.500. The van der Waals surface area contributed by atoms with Gasteiger partial charge in [0.2, 0.25) is 0 Å². The largest absolute Gasteiger partial charge is 0.481 e. The summed E-state index contributed by atoms with van der Waals surface area (Å²) in [6.07, 6.45) is 4.26. The fourth-order valence-corrected chi connectivity index (χ4v) is 5.32. The molecule has 1 saturated heterocycles. The Hall–Kier alpha value is -2.15. The lowest BCUT2D eigenvalue weighted by Crippen LogP contribution is -2.37. The summed E-state index contributed by atoms with van der Waals surface area (Å²) >= 11 is 1.53. The number of hydrogen-bond acceptors (Lipinski definition) is 4. The highest BCUT2D eigenvalue weighted by atomic mass is 32.1. The number of fused-ring (bicyclic) bond motifs is 1. The second kappa shape index (κ2) is 5.69. The molecule has 1 N–H and O–H groups in total. The first-order valence-electron chi connectivity index (χ1n) is 8.55. The summed E-state index contributed by atoms with van der Waals surface area (Å²) in [6, 6.07) is 1.89. The van der Waals surface area contributed by atoms with Gasteiger partial charge in [0.1, 0.15) is 0 Å². The number of aliphatic carboxylic acids is 1. The van der Waals surface area contributed by atoms with Crippen molar-refractivity contribution in [2.45, 2.75) is 33.1 Å². The molecule has 2 fully saturated rings. The summed E-state index contributed by atoms with van der Waals surface area (Å²) in [5.74, 6) is -0.735. The average Bonchev–Trinajstić information content (AvgIpc) is 3.29. The standard InChI is InChI=1S/C18H21N3O3S/c1-11-8-14(12(2)21(11)17-19-6-7-25-17)15(22)20-9-13-4-3-5-18(13,10-20)16(23)24/h6-8,13H,3-5,9-10H2,1-2H3,(H,23,24)/t13-,18+/m0/s1. The van der Waals surface area contributed by atoms with Crippen LogP contribution in [0.15, 0.2) is 17.6 Å². The number of carbonyl (C=O) groups is 2. The van der Waals surface area contributed by atoms with Crippen molar-refractivity contribution in [2.75, 3.05) is 13.1 Å². The number of aromatic nitrogens is 2. The van der Waals surface area contributed by atoms with Gasteiger partial charge in [-0.1, -0.05) is 6.42 Å². The lowest BCUT2D eigenvalue weighted by molar-refractivity contribution is -0.149. The zero-order valence-electron chi connectivity index (χ0n) is 14.4. The molecule has 4 rings (SSSR count). The van der Waals surface area contributed by atoms with Gasteiger partial charge in [-0.3, -0.25) is 14.2 Å². The highest BCUT2D eigenvalue weighted by Gasteiger charge is 2.55. The Morgan fingerprint density at radius 3 is 2.84 bits per heavy atom. The number of carboxylic acids is 1. The summed E-state index contributed by atoms with van der Waals surface area (Å²) in [5, 5.41) is 12.5. The lowest BCUT2D eigenvalue weighted by atomic mass is 9.81. The van der Waals surface area contributed by atoms with E-state index in [1.165, 1.54) is 11.3 Å². The average molecular weight is 359 g/mol. The van der Waals surface area contributed by atoms with E-state index in [1.807, 2.05) is 29.9 Å². The predicted octanol–water partition coefficient (Wildman–Crippen LogP) is 2.88. The van der Waals surface area contributed by atoms with Crippen molar-refractivity contribution >= 4 is 23.2 Å². The van der Waals surface area contributed by atoms with Crippen molar-refractivity contribution < 1.29 is 14.7 Å². The topological polar surface area (TPSA) is 75.4 Å². The third kappa shape index (κ3) is 2.33. The highest BCUT2D eigenvalue weighted by molar-refractivity contribution is 7.12. The summed E-state index contributed by atoms with van der Waals surface area (Å²) in [5.41, 5.74) is 1.73. The molecule has 2 aromatic rings. The van der Waals surface area contributed by atoms with Crippen LogP contribution in [0.3, 0.4) is 0 Å². The number of carbonyl (C=O) groups excluding carboxylic acids is 1. The van der Waals surface area contributed by atoms with Gasteiger partial charge in [-0.25, -0.2) is 4.98 Å². The van der Waals surface area contributed by atoms with Crippen LogP contribution in [0.25, 0.3) is 5.13 Å². The van der Waals surface area contributed by atoms with Crippen molar-refractivity contribution in [2.24, 2.45) is 11.3 Å². The second-order valence-corrected chi connectivity index (χ2v) is 8.04. The number of nitrogens with zero attached hydrogens (tertiary/aromatic N) is 3. The molecule has 0 bridgehead atoms. The van der Waals surface area contributed by atoms with E-state index in [0.717, 1.165) is 29.4 Å². The van der Waals surface area contributed by atoms with E-state index >= 15 is 0 Å². The molecule has 1 aliphatic heterocycles. The molecule has 25 heavy (non-hydrogen) atoms. The molecule has 3 heterocycles. The minimum Gasteiger partial charge on any atom is -0.481 e. The maximum Gasteiger partial charge on any atom is 0.311 e. The Bertz CT molecular complexity index is 842. The Morgan fingerprint density at radius 2 is 2.20 bits per heavy atom. The monoisotopic (exact) mass is 359 g/mol.